The molecular formula is C19H15N7O2S. The molecule has 0 unspecified atom stereocenters. The first-order chi connectivity index (χ1) is 14.2. The summed E-state index contributed by atoms with van der Waals surface area (Å²) in [6.45, 7) is 0. The van der Waals surface area contributed by atoms with Crippen LogP contribution in [-0.4, -0.2) is 37.0 Å². The van der Waals surface area contributed by atoms with Crippen LogP contribution in [0.4, 0.5) is 10.8 Å². The van der Waals surface area contributed by atoms with E-state index in [1.54, 1.807) is 47.8 Å². The zero-order chi connectivity index (χ0) is 20.1. The molecule has 4 aromatic rings. The van der Waals surface area contributed by atoms with Crippen LogP contribution in [0.3, 0.4) is 0 Å². The molecule has 0 saturated carbocycles. The molecule has 2 amide bonds. The lowest BCUT2D eigenvalue weighted by atomic mass is 10.2. The Morgan fingerprint density at radius 2 is 1.90 bits per heavy atom. The van der Waals surface area contributed by atoms with Crippen LogP contribution in [0.25, 0.3) is 5.69 Å². The zero-order valence-corrected chi connectivity index (χ0v) is 15.8. The van der Waals surface area contributed by atoms with Crippen molar-refractivity contribution in [2.75, 3.05) is 10.6 Å². The number of hydrogen-bond donors (Lipinski definition) is 2. The molecule has 0 fully saturated rings. The van der Waals surface area contributed by atoms with Gasteiger partial charge in [0.1, 0.15) is 6.33 Å². The van der Waals surface area contributed by atoms with Crippen LogP contribution in [0.15, 0.2) is 66.3 Å². The van der Waals surface area contributed by atoms with E-state index in [0.29, 0.717) is 22.1 Å². The third-order valence-corrected chi connectivity index (χ3v) is 4.70. The fraction of sp³-hybridized carbons (Fsp3) is 0.0526. The Hall–Kier alpha value is -3.92. The van der Waals surface area contributed by atoms with Crippen LogP contribution in [0.1, 0.15) is 16.1 Å². The fourth-order valence-corrected chi connectivity index (χ4v) is 3.29. The van der Waals surface area contributed by atoms with Gasteiger partial charge in [0.15, 0.2) is 5.13 Å². The molecule has 9 nitrogen and oxygen atoms in total. The maximum Gasteiger partial charge on any atom is 0.257 e. The van der Waals surface area contributed by atoms with Crippen LogP contribution in [-0.2, 0) is 11.2 Å². The second-order valence-corrected chi connectivity index (χ2v) is 6.85. The number of carbonyl (C=O) groups is 2. The zero-order valence-electron chi connectivity index (χ0n) is 15.0. The smallest absolute Gasteiger partial charge is 0.257 e. The Morgan fingerprint density at radius 3 is 2.69 bits per heavy atom. The molecule has 2 aromatic carbocycles. The third kappa shape index (κ3) is 4.68. The minimum Gasteiger partial charge on any atom is -0.326 e. The van der Waals surface area contributed by atoms with Gasteiger partial charge in [0.2, 0.25) is 5.91 Å². The topological polar surface area (TPSA) is 115 Å². The summed E-state index contributed by atoms with van der Waals surface area (Å²) < 4.78 is 1.50. The lowest BCUT2D eigenvalue weighted by Crippen LogP contribution is -2.15. The van der Waals surface area contributed by atoms with Gasteiger partial charge in [-0.05, 0) is 40.8 Å². The van der Waals surface area contributed by atoms with Gasteiger partial charge in [-0.2, -0.15) is 0 Å². The molecule has 4 rings (SSSR count). The van der Waals surface area contributed by atoms with E-state index in [0.717, 1.165) is 5.69 Å². The van der Waals surface area contributed by atoms with Crippen LogP contribution in [0.2, 0.25) is 0 Å². The van der Waals surface area contributed by atoms with Gasteiger partial charge in [-0.25, -0.2) is 9.67 Å². The second kappa shape index (κ2) is 8.40. The van der Waals surface area contributed by atoms with Crippen molar-refractivity contribution in [3.63, 3.8) is 0 Å². The minimum absolute atomic E-state index is 0.0901. The molecule has 0 bridgehead atoms. The highest BCUT2D eigenvalue weighted by Crippen LogP contribution is 2.18. The third-order valence-electron chi connectivity index (χ3n) is 3.89. The molecule has 2 heterocycles. The summed E-state index contributed by atoms with van der Waals surface area (Å²) in [5.41, 5.74) is 2.47. The normalized spacial score (nSPS) is 10.5. The van der Waals surface area contributed by atoms with Crippen molar-refractivity contribution in [3.05, 3.63) is 77.6 Å². The molecule has 0 saturated heterocycles. The van der Waals surface area contributed by atoms with E-state index in [2.05, 4.69) is 31.1 Å². The molecule has 0 aliphatic heterocycles. The molecule has 144 valence electrons. The Labute approximate surface area is 169 Å². The van der Waals surface area contributed by atoms with Crippen molar-refractivity contribution < 1.29 is 9.59 Å². The number of anilines is 2. The average Bonchev–Trinajstić information content (AvgIpc) is 3.41. The summed E-state index contributed by atoms with van der Waals surface area (Å²) in [6.07, 6.45) is 1.56. The molecule has 2 N–H and O–H groups in total. The van der Waals surface area contributed by atoms with Crippen molar-refractivity contribution in [3.8, 4) is 5.69 Å². The Kier molecular flexibility index (Phi) is 5.34. The number of amides is 2. The number of hydrogen-bond acceptors (Lipinski definition) is 7. The SMILES string of the molecule is O=C(Cc1csc(NC(=O)c2ccccc2)n1)Nc1cccc(-n2cnnn2)c1. The Balaban J connectivity index is 1.36. The number of carbonyl (C=O) groups excluding carboxylic acids is 2. The molecular weight excluding hydrogens is 390 g/mol. The van der Waals surface area contributed by atoms with E-state index in [9.17, 15) is 9.59 Å². The summed E-state index contributed by atoms with van der Waals surface area (Å²) in [4.78, 5) is 28.8. The number of nitrogens with zero attached hydrogens (tertiary/aromatic N) is 5. The van der Waals surface area contributed by atoms with Crippen LogP contribution < -0.4 is 10.6 Å². The van der Waals surface area contributed by atoms with E-state index in [1.165, 1.54) is 22.3 Å². The lowest BCUT2D eigenvalue weighted by Gasteiger charge is -2.06. The quantitative estimate of drug-likeness (QED) is 0.509. The summed E-state index contributed by atoms with van der Waals surface area (Å²) in [5, 5.41) is 18.8. The highest BCUT2D eigenvalue weighted by Gasteiger charge is 2.11. The van der Waals surface area contributed by atoms with Gasteiger partial charge in [-0.3, -0.25) is 14.9 Å². The maximum atomic E-state index is 12.4. The number of aromatic nitrogens is 5. The largest absolute Gasteiger partial charge is 0.326 e. The highest BCUT2D eigenvalue weighted by molar-refractivity contribution is 7.14. The first-order valence-corrected chi connectivity index (χ1v) is 9.49. The molecule has 0 spiro atoms. The maximum absolute atomic E-state index is 12.4. The van der Waals surface area contributed by atoms with Gasteiger partial charge < -0.3 is 5.32 Å². The van der Waals surface area contributed by atoms with Gasteiger partial charge >= 0.3 is 0 Å². The Bertz CT molecular complexity index is 1130. The first kappa shape index (κ1) is 18.4. The van der Waals surface area contributed by atoms with Gasteiger partial charge in [-0.15, -0.1) is 16.4 Å². The molecule has 2 aromatic heterocycles. The second-order valence-electron chi connectivity index (χ2n) is 5.99. The first-order valence-electron chi connectivity index (χ1n) is 8.61. The standard InChI is InChI=1S/C19H15N7O2S/c27-17(21-14-7-4-8-16(9-14)26-12-20-24-25-26)10-15-11-29-19(22-15)23-18(28)13-5-2-1-3-6-13/h1-9,11-12H,10H2,(H,21,27)(H,22,23,28). The number of thiazole rings is 1. The predicted molar refractivity (Wildman–Crippen MR) is 108 cm³/mol. The van der Waals surface area contributed by atoms with Crippen LogP contribution >= 0.6 is 11.3 Å². The van der Waals surface area contributed by atoms with E-state index in [4.69, 9.17) is 0 Å². The van der Waals surface area contributed by atoms with E-state index >= 15 is 0 Å². The van der Waals surface area contributed by atoms with Gasteiger partial charge in [0, 0.05) is 16.6 Å². The van der Waals surface area contributed by atoms with E-state index in [1.807, 2.05) is 12.1 Å². The Morgan fingerprint density at radius 1 is 1.03 bits per heavy atom. The predicted octanol–water partition coefficient (Wildman–Crippen LogP) is 2.55. The number of benzene rings is 2. The van der Waals surface area contributed by atoms with Crippen molar-refractivity contribution in [1.29, 1.82) is 0 Å². The molecule has 0 aliphatic rings. The van der Waals surface area contributed by atoms with Crippen molar-refractivity contribution >= 4 is 34.0 Å². The highest BCUT2D eigenvalue weighted by atomic mass is 32.1. The molecule has 0 atom stereocenters. The van der Waals surface area contributed by atoms with Crippen LogP contribution in [0.5, 0.6) is 0 Å². The number of rotatable bonds is 6. The van der Waals surface area contributed by atoms with Gasteiger partial charge in [-0.1, -0.05) is 24.3 Å². The van der Waals surface area contributed by atoms with E-state index in [-0.39, 0.29) is 18.2 Å². The monoisotopic (exact) mass is 405 g/mol. The van der Waals surface area contributed by atoms with Crippen molar-refractivity contribution in [2.45, 2.75) is 6.42 Å². The summed E-state index contributed by atoms with van der Waals surface area (Å²) in [6, 6.07) is 16.0. The summed E-state index contributed by atoms with van der Waals surface area (Å²) in [5.74, 6) is -0.458. The fourth-order valence-electron chi connectivity index (χ4n) is 2.58. The molecule has 0 aliphatic carbocycles. The molecule has 29 heavy (non-hydrogen) atoms. The number of nitrogens with one attached hydrogen (secondary N) is 2. The van der Waals surface area contributed by atoms with Crippen LogP contribution in [0, 0.1) is 0 Å². The molecule has 10 heteroatoms. The van der Waals surface area contributed by atoms with Crippen molar-refractivity contribution in [1.82, 2.24) is 25.2 Å². The average molecular weight is 405 g/mol. The summed E-state index contributed by atoms with van der Waals surface area (Å²) >= 11 is 1.27. The van der Waals surface area contributed by atoms with E-state index < -0.39 is 0 Å². The summed E-state index contributed by atoms with van der Waals surface area (Å²) in [7, 11) is 0. The number of tetrazole rings is 1. The minimum atomic E-state index is -0.240. The van der Waals surface area contributed by atoms with Crippen molar-refractivity contribution in [2.24, 2.45) is 0 Å². The van der Waals surface area contributed by atoms with Gasteiger partial charge in [0.25, 0.3) is 5.91 Å². The van der Waals surface area contributed by atoms with Gasteiger partial charge in [0.05, 0.1) is 17.8 Å². The molecule has 0 radical (unpaired) electrons. The lowest BCUT2D eigenvalue weighted by molar-refractivity contribution is -0.115.